The molecule has 0 radical (unpaired) electrons. The summed E-state index contributed by atoms with van der Waals surface area (Å²) in [7, 11) is 0. The van der Waals surface area contributed by atoms with Gasteiger partial charge in [-0.2, -0.15) is 0 Å². The highest BCUT2D eigenvalue weighted by molar-refractivity contribution is 5.51. The zero-order chi connectivity index (χ0) is 11.1. The van der Waals surface area contributed by atoms with Crippen LogP contribution in [0.1, 0.15) is 39.5 Å². The molecule has 0 saturated carbocycles. The van der Waals surface area contributed by atoms with Crippen LogP contribution >= 0.6 is 0 Å². The first-order valence-corrected chi connectivity index (χ1v) is 6.06. The quantitative estimate of drug-likeness (QED) is 0.512. The molecule has 2 nitrogen and oxygen atoms in total. The largest absolute Gasteiger partial charge is 0.303 e. The SMILES string of the molecule is CC(C)N1CCCC(C/C=C\CC=O)C1. The van der Waals surface area contributed by atoms with Crippen LogP contribution in [0.15, 0.2) is 12.2 Å². The van der Waals surface area contributed by atoms with E-state index in [1.807, 2.05) is 6.08 Å². The second kappa shape index (κ2) is 6.78. The summed E-state index contributed by atoms with van der Waals surface area (Å²) in [5.41, 5.74) is 0. The first-order chi connectivity index (χ1) is 7.24. The molecular weight excluding hydrogens is 186 g/mol. The van der Waals surface area contributed by atoms with Crippen molar-refractivity contribution in [1.82, 2.24) is 4.90 Å². The van der Waals surface area contributed by atoms with Crippen molar-refractivity contribution >= 4 is 6.29 Å². The van der Waals surface area contributed by atoms with Gasteiger partial charge >= 0.3 is 0 Å². The molecule has 1 rings (SSSR count). The summed E-state index contributed by atoms with van der Waals surface area (Å²) >= 11 is 0. The lowest BCUT2D eigenvalue weighted by molar-refractivity contribution is -0.107. The van der Waals surface area contributed by atoms with Crippen LogP contribution in [-0.2, 0) is 4.79 Å². The molecule has 1 fully saturated rings. The summed E-state index contributed by atoms with van der Waals surface area (Å²) in [6, 6.07) is 0.673. The van der Waals surface area contributed by atoms with Gasteiger partial charge in [0, 0.05) is 19.0 Å². The number of hydrogen-bond acceptors (Lipinski definition) is 2. The lowest BCUT2D eigenvalue weighted by Crippen LogP contribution is -2.39. The van der Waals surface area contributed by atoms with Crippen molar-refractivity contribution in [3.05, 3.63) is 12.2 Å². The van der Waals surface area contributed by atoms with E-state index in [0.29, 0.717) is 12.5 Å². The van der Waals surface area contributed by atoms with E-state index in [0.717, 1.165) is 18.6 Å². The molecule has 15 heavy (non-hydrogen) atoms. The second-order valence-electron chi connectivity index (χ2n) is 4.71. The Morgan fingerprint density at radius 1 is 1.40 bits per heavy atom. The Morgan fingerprint density at radius 3 is 2.87 bits per heavy atom. The number of carbonyl (C=O) groups is 1. The van der Waals surface area contributed by atoms with E-state index < -0.39 is 0 Å². The molecule has 1 aliphatic heterocycles. The predicted octanol–water partition coefficient (Wildman–Crippen LogP) is 2.64. The van der Waals surface area contributed by atoms with Crippen LogP contribution in [0, 0.1) is 5.92 Å². The minimum absolute atomic E-state index is 0.570. The van der Waals surface area contributed by atoms with E-state index in [-0.39, 0.29) is 0 Å². The van der Waals surface area contributed by atoms with Crippen molar-refractivity contribution < 1.29 is 4.79 Å². The molecule has 0 spiro atoms. The lowest BCUT2D eigenvalue weighted by Gasteiger charge is -2.35. The maximum Gasteiger partial charge on any atom is 0.123 e. The summed E-state index contributed by atoms with van der Waals surface area (Å²) in [4.78, 5) is 12.7. The summed E-state index contributed by atoms with van der Waals surface area (Å²) in [6.45, 7) is 7.02. The highest BCUT2D eigenvalue weighted by Gasteiger charge is 2.20. The van der Waals surface area contributed by atoms with Crippen LogP contribution in [0.2, 0.25) is 0 Å². The summed E-state index contributed by atoms with van der Waals surface area (Å²) in [5.74, 6) is 0.795. The van der Waals surface area contributed by atoms with Gasteiger partial charge in [-0.1, -0.05) is 12.2 Å². The zero-order valence-electron chi connectivity index (χ0n) is 9.98. The standard InChI is InChI=1S/C13H23NO/c1-12(2)14-9-6-8-13(11-14)7-4-3-5-10-15/h3-4,10,12-13H,5-9,11H2,1-2H3/b4-3-. The molecule has 0 bridgehead atoms. The Labute approximate surface area is 93.3 Å². The van der Waals surface area contributed by atoms with E-state index >= 15 is 0 Å². The molecule has 1 heterocycles. The van der Waals surface area contributed by atoms with Crippen molar-refractivity contribution in [2.45, 2.75) is 45.6 Å². The molecule has 0 aliphatic carbocycles. The minimum Gasteiger partial charge on any atom is -0.303 e. The van der Waals surface area contributed by atoms with Gasteiger partial charge in [-0.05, 0) is 45.6 Å². The fraction of sp³-hybridized carbons (Fsp3) is 0.769. The van der Waals surface area contributed by atoms with E-state index in [1.165, 1.54) is 25.9 Å². The van der Waals surface area contributed by atoms with Crippen LogP contribution < -0.4 is 0 Å². The van der Waals surface area contributed by atoms with E-state index in [1.54, 1.807) is 0 Å². The highest BCUT2D eigenvalue weighted by atomic mass is 16.1. The molecule has 0 N–H and O–H groups in total. The molecule has 0 amide bonds. The number of hydrogen-bond donors (Lipinski definition) is 0. The first kappa shape index (κ1) is 12.4. The third-order valence-electron chi connectivity index (χ3n) is 3.15. The van der Waals surface area contributed by atoms with Crippen molar-refractivity contribution in [3.63, 3.8) is 0 Å². The van der Waals surface area contributed by atoms with Gasteiger partial charge in [-0.25, -0.2) is 0 Å². The number of carbonyl (C=O) groups excluding carboxylic acids is 1. The molecule has 1 unspecified atom stereocenters. The number of piperidine rings is 1. The highest BCUT2D eigenvalue weighted by Crippen LogP contribution is 2.21. The Bertz CT molecular complexity index is 211. The topological polar surface area (TPSA) is 20.3 Å². The van der Waals surface area contributed by atoms with Gasteiger partial charge in [0.25, 0.3) is 0 Å². The van der Waals surface area contributed by atoms with Crippen molar-refractivity contribution in [3.8, 4) is 0 Å². The average Bonchev–Trinajstić information content (AvgIpc) is 2.25. The second-order valence-corrected chi connectivity index (χ2v) is 4.71. The third kappa shape index (κ3) is 4.61. The molecule has 86 valence electrons. The maximum atomic E-state index is 10.1. The summed E-state index contributed by atoms with van der Waals surface area (Å²) in [5, 5.41) is 0. The molecule has 0 aromatic heterocycles. The Balaban J connectivity index is 2.27. The van der Waals surface area contributed by atoms with Crippen LogP contribution in [0.4, 0.5) is 0 Å². The van der Waals surface area contributed by atoms with Crippen LogP contribution in [0.25, 0.3) is 0 Å². The summed E-state index contributed by atoms with van der Waals surface area (Å²) < 4.78 is 0. The van der Waals surface area contributed by atoms with Crippen molar-refractivity contribution in [2.24, 2.45) is 5.92 Å². The predicted molar refractivity (Wildman–Crippen MR) is 63.9 cm³/mol. The zero-order valence-corrected chi connectivity index (χ0v) is 9.98. The number of likely N-dealkylation sites (tertiary alicyclic amines) is 1. The van der Waals surface area contributed by atoms with Crippen LogP contribution in [0.5, 0.6) is 0 Å². The fourth-order valence-corrected chi connectivity index (χ4v) is 2.20. The number of aldehydes is 1. The maximum absolute atomic E-state index is 10.1. The van der Waals surface area contributed by atoms with Gasteiger partial charge in [-0.3, -0.25) is 0 Å². The van der Waals surface area contributed by atoms with E-state index in [4.69, 9.17) is 0 Å². The lowest BCUT2D eigenvalue weighted by atomic mass is 9.94. The molecular formula is C13H23NO. The van der Waals surface area contributed by atoms with E-state index in [2.05, 4.69) is 24.8 Å². The van der Waals surface area contributed by atoms with Gasteiger partial charge in [0.15, 0.2) is 0 Å². The van der Waals surface area contributed by atoms with Gasteiger partial charge in [0.2, 0.25) is 0 Å². The smallest absolute Gasteiger partial charge is 0.123 e. The molecule has 1 saturated heterocycles. The molecule has 0 aromatic carbocycles. The average molecular weight is 209 g/mol. The molecule has 1 atom stereocenters. The number of rotatable bonds is 5. The van der Waals surface area contributed by atoms with Gasteiger partial charge in [0.05, 0.1) is 0 Å². The third-order valence-corrected chi connectivity index (χ3v) is 3.15. The minimum atomic E-state index is 0.570. The van der Waals surface area contributed by atoms with Gasteiger partial charge in [-0.15, -0.1) is 0 Å². The van der Waals surface area contributed by atoms with Crippen molar-refractivity contribution in [2.75, 3.05) is 13.1 Å². The normalized spacial score (nSPS) is 23.8. The fourth-order valence-electron chi connectivity index (χ4n) is 2.20. The molecule has 0 aromatic rings. The number of nitrogens with zero attached hydrogens (tertiary/aromatic N) is 1. The first-order valence-electron chi connectivity index (χ1n) is 6.06. The number of allylic oxidation sites excluding steroid dienone is 2. The molecule has 2 heteroatoms. The van der Waals surface area contributed by atoms with E-state index in [9.17, 15) is 4.79 Å². The van der Waals surface area contributed by atoms with Crippen molar-refractivity contribution in [1.29, 1.82) is 0 Å². The molecule has 1 aliphatic rings. The summed E-state index contributed by atoms with van der Waals surface area (Å²) in [6.07, 6.45) is 9.48. The Kier molecular flexibility index (Phi) is 5.62. The Morgan fingerprint density at radius 2 is 2.20 bits per heavy atom. The monoisotopic (exact) mass is 209 g/mol. The van der Waals surface area contributed by atoms with Gasteiger partial charge < -0.3 is 9.69 Å². The van der Waals surface area contributed by atoms with Gasteiger partial charge in [0.1, 0.15) is 6.29 Å². The van der Waals surface area contributed by atoms with Crippen LogP contribution in [-0.4, -0.2) is 30.3 Å². The Hall–Kier alpha value is -0.630. The van der Waals surface area contributed by atoms with Crippen LogP contribution in [0.3, 0.4) is 0 Å².